The maximum atomic E-state index is 5.79. The Morgan fingerprint density at radius 1 is 1.11 bits per heavy atom. The third-order valence-corrected chi connectivity index (χ3v) is 4.65. The van der Waals surface area contributed by atoms with E-state index in [2.05, 4.69) is 44.7 Å². The quantitative estimate of drug-likeness (QED) is 0.837. The van der Waals surface area contributed by atoms with Crippen LogP contribution in [-0.4, -0.2) is 23.5 Å². The summed E-state index contributed by atoms with van der Waals surface area (Å²) >= 11 is 0. The maximum absolute atomic E-state index is 5.79. The molecule has 0 unspecified atom stereocenters. The number of benzene rings is 1. The van der Waals surface area contributed by atoms with Crippen molar-refractivity contribution >= 4 is 5.69 Å². The first-order valence-electron chi connectivity index (χ1n) is 7.52. The van der Waals surface area contributed by atoms with Gasteiger partial charge >= 0.3 is 0 Å². The minimum Gasteiger partial charge on any atom is -0.399 e. The fraction of sp³-hybridized carbons (Fsp3) is 0.647. The van der Waals surface area contributed by atoms with E-state index in [0.29, 0.717) is 12.1 Å². The second-order valence-corrected chi connectivity index (χ2v) is 6.81. The van der Waals surface area contributed by atoms with Crippen LogP contribution in [0.25, 0.3) is 0 Å². The number of anilines is 1. The second kappa shape index (κ2) is 5.54. The van der Waals surface area contributed by atoms with Crippen LogP contribution in [0.2, 0.25) is 0 Å². The lowest BCUT2D eigenvalue weighted by atomic mass is 9.82. The summed E-state index contributed by atoms with van der Waals surface area (Å²) in [4.78, 5) is 2.68. The van der Waals surface area contributed by atoms with E-state index in [-0.39, 0.29) is 5.41 Å². The lowest BCUT2D eigenvalue weighted by Gasteiger charge is -2.43. The Hall–Kier alpha value is -1.02. The van der Waals surface area contributed by atoms with Gasteiger partial charge in [-0.2, -0.15) is 0 Å². The summed E-state index contributed by atoms with van der Waals surface area (Å²) < 4.78 is 0. The van der Waals surface area contributed by atoms with Crippen molar-refractivity contribution in [3.63, 3.8) is 0 Å². The highest BCUT2D eigenvalue weighted by atomic mass is 15.2. The average molecular weight is 260 g/mol. The van der Waals surface area contributed by atoms with E-state index in [1.807, 2.05) is 12.1 Å². The number of hydrogen-bond donors (Lipinski definition) is 1. The van der Waals surface area contributed by atoms with Gasteiger partial charge in [0.2, 0.25) is 0 Å². The van der Waals surface area contributed by atoms with Crippen LogP contribution >= 0.6 is 0 Å². The van der Waals surface area contributed by atoms with Crippen LogP contribution in [0, 0.1) is 0 Å². The van der Waals surface area contributed by atoms with Crippen LogP contribution < -0.4 is 5.73 Å². The minimum atomic E-state index is 0.174. The first-order valence-corrected chi connectivity index (χ1v) is 7.52. The van der Waals surface area contributed by atoms with Gasteiger partial charge in [0, 0.05) is 29.7 Å². The van der Waals surface area contributed by atoms with Crippen LogP contribution in [0.3, 0.4) is 0 Å². The molecule has 2 nitrogen and oxygen atoms in total. The van der Waals surface area contributed by atoms with Gasteiger partial charge in [0.25, 0.3) is 0 Å². The average Bonchev–Trinajstić information content (AvgIpc) is 2.35. The number of nitrogens with zero attached hydrogens (tertiary/aromatic N) is 1. The number of likely N-dealkylation sites (tertiary alicyclic amines) is 1. The molecule has 19 heavy (non-hydrogen) atoms. The largest absolute Gasteiger partial charge is 0.399 e. The third-order valence-electron chi connectivity index (χ3n) is 4.65. The number of rotatable bonds is 3. The molecule has 106 valence electrons. The summed E-state index contributed by atoms with van der Waals surface area (Å²) in [7, 11) is 0. The molecule has 0 amide bonds. The SMILES string of the molecule is C[C@@H]1CCC[C@H](C)N1CC(C)(C)c1ccc(N)cc1. The second-order valence-electron chi connectivity index (χ2n) is 6.81. The standard InChI is InChI=1S/C17H28N2/c1-13-6-5-7-14(2)19(13)12-17(3,4)15-8-10-16(18)11-9-15/h8-11,13-14H,5-7,12,18H2,1-4H3/t13-,14+. The smallest absolute Gasteiger partial charge is 0.0314 e. The molecular weight excluding hydrogens is 232 g/mol. The number of nitrogen functional groups attached to an aromatic ring is 1. The lowest BCUT2D eigenvalue weighted by molar-refractivity contribution is 0.0809. The number of nitrogens with two attached hydrogens (primary N) is 1. The van der Waals surface area contributed by atoms with Crippen molar-refractivity contribution < 1.29 is 0 Å². The molecule has 1 saturated heterocycles. The zero-order valence-corrected chi connectivity index (χ0v) is 12.8. The predicted octanol–water partition coefficient (Wildman–Crippen LogP) is 3.81. The summed E-state index contributed by atoms with van der Waals surface area (Å²) in [5, 5.41) is 0. The van der Waals surface area contributed by atoms with Crippen molar-refractivity contribution in [3.05, 3.63) is 29.8 Å². The third kappa shape index (κ3) is 3.30. The van der Waals surface area contributed by atoms with Crippen LogP contribution in [0.5, 0.6) is 0 Å². The van der Waals surface area contributed by atoms with Crippen LogP contribution in [-0.2, 0) is 5.41 Å². The highest BCUT2D eigenvalue weighted by Crippen LogP contribution is 2.30. The predicted molar refractivity (Wildman–Crippen MR) is 83.4 cm³/mol. The molecule has 0 radical (unpaired) electrons. The van der Waals surface area contributed by atoms with Crippen molar-refractivity contribution in [2.24, 2.45) is 0 Å². The van der Waals surface area contributed by atoms with Gasteiger partial charge in [0.15, 0.2) is 0 Å². The number of hydrogen-bond acceptors (Lipinski definition) is 2. The molecule has 1 fully saturated rings. The summed E-state index contributed by atoms with van der Waals surface area (Å²) in [5.41, 5.74) is 8.19. The summed E-state index contributed by atoms with van der Waals surface area (Å²) in [6, 6.07) is 9.79. The molecule has 1 aliphatic rings. The molecule has 1 aromatic rings. The molecule has 1 aliphatic heterocycles. The normalized spacial score (nSPS) is 25.5. The van der Waals surface area contributed by atoms with Crippen LogP contribution in [0.4, 0.5) is 5.69 Å². The molecule has 1 heterocycles. The van der Waals surface area contributed by atoms with E-state index in [4.69, 9.17) is 5.73 Å². The molecule has 2 rings (SSSR count). The molecule has 0 spiro atoms. The van der Waals surface area contributed by atoms with Gasteiger partial charge in [0.05, 0.1) is 0 Å². The Bertz CT molecular complexity index is 398. The maximum Gasteiger partial charge on any atom is 0.0314 e. The van der Waals surface area contributed by atoms with Crippen LogP contribution in [0.1, 0.15) is 52.5 Å². The lowest BCUT2D eigenvalue weighted by Crippen LogP contribution is -2.49. The van der Waals surface area contributed by atoms with E-state index in [1.54, 1.807) is 0 Å². The monoisotopic (exact) mass is 260 g/mol. The van der Waals surface area contributed by atoms with Gasteiger partial charge in [-0.3, -0.25) is 4.90 Å². The topological polar surface area (TPSA) is 29.3 Å². The van der Waals surface area contributed by atoms with Gasteiger partial charge in [-0.1, -0.05) is 32.4 Å². The molecule has 1 aromatic carbocycles. The van der Waals surface area contributed by atoms with Gasteiger partial charge in [-0.05, 0) is 44.4 Å². The van der Waals surface area contributed by atoms with Crippen molar-refractivity contribution in [1.82, 2.24) is 4.90 Å². The van der Waals surface area contributed by atoms with E-state index >= 15 is 0 Å². The molecule has 2 N–H and O–H groups in total. The highest BCUT2D eigenvalue weighted by Gasteiger charge is 2.31. The van der Waals surface area contributed by atoms with E-state index in [1.165, 1.54) is 24.8 Å². The van der Waals surface area contributed by atoms with Gasteiger partial charge < -0.3 is 5.73 Å². The van der Waals surface area contributed by atoms with Gasteiger partial charge in [0.1, 0.15) is 0 Å². The molecule has 0 bridgehead atoms. The summed E-state index contributed by atoms with van der Waals surface area (Å²) in [5.74, 6) is 0. The Balaban J connectivity index is 2.13. The van der Waals surface area contributed by atoms with Crippen LogP contribution in [0.15, 0.2) is 24.3 Å². The van der Waals surface area contributed by atoms with E-state index < -0.39 is 0 Å². The van der Waals surface area contributed by atoms with Crippen molar-refractivity contribution in [2.45, 2.75) is 64.5 Å². The van der Waals surface area contributed by atoms with Crippen molar-refractivity contribution in [1.29, 1.82) is 0 Å². The Morgan fingerprint density at radius 2 is 1.63 bits per heavy atom. The molecule has 0 aliphatic carbocycles. The van der Waals surface area contributed by atoms with Crippen molar-refractivity contribution in [3.8, 4) is 0 Å². The fourth-order valence-corrected chi connectivity index (χ4v) is 3.27. The molecular formula is C17H28N2. The highest BCUT2D eigenvalue weighted by molar-refractivity contribution is 5.41. The Morgan fingerprint density at radius 3 is 2.16 bits per heavy atom. The van der Waals surface area contributed by atoms with E-state index in [0.717, 1.165) is 12.2 Å². The fourth-order valence-electron chi connectivity index (χ4n) is 3.27. The molecule has 2 heteroatoms. The van der Waals surface area contributed by atoms with Gasteiger partial charge in [-0.25, -0.2) is 0 Å². The Labute approximate surface area is 118 Å². The molecule has 0 aromatic heterocycles. The zero-order valence-electron chi connectivity index (χ0n) is 12.8. The van der Waals surface area contributed by atoms with E-state index in [9.17, 15) is 0 Å². The zero-order chi connectivity index (χ0) is 14.0. The first-order chi connectivity index (χ1) is 8.90. The number of piperidine rings is 1. The summed E-state index contributed by atoms with van der Waals surface area (Å²) in [6.45, 7) is 10.5. The first kappa shape index (κ1) is 14.4. The minimum absolute atomic E-state index is 0.174. The molecule has 2 atom stereocenters. The summed E-state index contributed by atoms with van der Waals surface area (Å²) in [6.07, 6.45) is 4.05. The molecule has 0 saturated carbocycles. The Kier molecular flexibility index (Phi) is 4.19. The van der Waals surface area contributed by atoms with Gasteiger partial charge in [-0.15, -0.1) is 0 Å². The van der Waals surface area contributed by atoms with Crippen molar-refractivity contribution in [2.75, 3.05) is 12.3 Å².